The summed E-state index contributed by atoms with van der Waals surface area (Å²) >= 11 is 0. The van der Waals surface area contributed by atoms with Gasteiger partial charge in [-0.25, -0.2) is 4.39 Å². The van der Waals surface area contributed by atoms with E-state index in [0.29, 0.717) is 11.4 Å². The highest BCUT2D eigenvalue weighted by Crippen LogP contribution is 2.20. The molecule has 5 nitrogen and oxygen atoms in total. The Balaban J connectivity index is 1.87. The fraction of sp³-hybridized carbons (Fsp3) is 0.417. The molecule has 0 bridgehead atoms. The van der Waals surface area contributed by atoms with Crippen LogP contribution in [0.25, 0.3) is 11.4 Å². The maximum absolute atomic E-state index is 13.6. The van der Waals surface area contributed by atoms with Gasteiger partial charge in [-0.1, -0.05) is 12.1 Å². The van der Waals surface area contributed by atoms with Crippen LogP contribution in [0.3, 0.4) is 0 Å². The highest BCUT2D eigenvalue weighted by atomic mass is 19.1. The molecule has 1 aromatic heterocycles. The summed E-state index contributed by atoms with van der Waals surface area (Å²) in [6.07, 6.45) is 1.96. The first kappa shape index (κ1) is 11.3. The van der Waals surface area contributed by atoms with Gasteiger partial charge in [-0.2, -0.15) is 4.80 Å². The van der Waals surface area contributed by atoms with E-state index in [2.05, 4.69) is 20.7 Å². The van der Waals surface area contributed by atoms with Gasteiger partial charge in [0.05, 0.1) is 11.6 Å². The van der Waals surface area contributed by atoms with Crippen molar-refractivity contribution >= 4 is 0 Å². The summed E-state index contributed by atoms with van der Waals surface area (Å²) in [6.45, 7) is 1.92. The smallest absolute Gasteiger partial charge is 0.207 e. The molecule has 1 aromatic carbocycles. The molecule has 1 N–H and O–H groups in total. The van der Waals surface area contributed by atoms with Crippen molar-refractivity contribution in [1.82, 2.24) is 25.5 Å². The van der Waals surface area contributed by atoms with Gasteiger partial charge in [-0.05, 0) is 43.3 Å². The molecule has 0 atom stereocenters. The first-order chi connectivity index (χ1) is 8.84. The maximum atomic E-state index is 13.6. The van der Waals surface area contributed by atoms with Crippen molar-refractivity contribution in [3.8, 4) is 11.4 Å². The van der Waals surface area contributed by atoms with Gasteiger partial charge in [0.25, 0.3) is 0 Å². The Morgan fingerprint density at radius 2 is 2.00 bits per heavy atom. The lowest BCUT2D eigenvalue weighted by Crippen LogP contribution is -2.30. The van der Waals surface area contributed by atoms with E-state index in [9.17, 15) is 4.39 Å². The number of aromatic nitrogens is 4. The standard InChI is InChI=1S/C12H14FN5/c13-11-4-2-1-3-10(11)12-15-17-18(16-12)9-5-7-14-8-6-9/h1-4,9,14H,5-8H2. The third kappa shape index (κ3) is 2.11. The Morgan fingerprint density at radius 3 is 2.78 bits per heavy atom. The van der Waals surface area contributed by atoms with Gasteiger partial charge in [-0.15, -0.1) is 10.2 Å². The van der Waals surface area contributed by atoms with Gasteiger partial charge in [0, 0.05) is 0 Å². The van der Waals surface area contributed by atoms with E-state index in [1.807, 2.05) is 0 Å². The molecule has 0 saturated carbocycles. The number of nitrogens with one attached hydrogen (secondary N) is 1. The van der Waals surface area contributed by atoms with Gasteiger partial charge < -0.3 is 5.32 Å². The van der Waals surface area contributed by atoms with Gasteiger partial charge >= 0.3 is 0 Å². The molecule has 18 heavy (non-hydrogen) atoms. The lowest BCUT2D eigenvalue weighted by molar-refractivity contribution is 0.309. The third-order valence-corrected chi connectivity index (χ3v) is 3.18. The SMILES string of the molecule is Fc1ccccc1-c1nnn(C2CCNCC2)n1. The quantitative estimate of drug-likeness (QED) is 0.871. The minimum Gasteiger partial charge on any atom is -0.317 e. The summed E-state index contributed by atoms with van der Waals surface area (Å²) in [5.74, 6) is 0.0361. The summed E-state index contributed by atoms with van der Waals surface area (Å²) in [6, 6.07) is 6.75. The highest BCUT2D eigenvalue weighted by Gasteiger charge is 2.19. The van der Waals surface area contributed by atoms with E-state index in [1.165, 1.54) is 6.07 Å². The lowest BCUT2D eigenvalue weighted by Gasteiger charge is -2.20. The summed E-state index contributed by atoms with van der Waals surface area (Å²) < 4.78 is 13.6. The zero-order valence-electron chi connectivity index (χ0n) is 9.88. The van der Waals surface area contributed by atoms with Gasteiger partial charge in [0.1, 0.15) is 5.82 Å². The van der Waals surface area contributed by atoms with Crippen LogP contribution in [0.2, 0.25) is 0 Å². The number of piperidine rings is 1. The fourth-order valence-electron chi connectivity index (χ4n) is 2.17. The average molecular weight is 247 g/mol. The zero-order valence-corrected chi connectivity index (χ0v) is 9.88. The van der Waals surface area contributed by atoms with Crippen molar-refractivity contribution in [2.75, 3.05) is 13.1 Å². The monoisotopic (exact) mass is 247 g/mol. The van der Waals surface area contributed by atoms with Gasteiger partial charge in [0.15, 0.2) is 0 Å². The van der Waals surface area contributed by atoms with Crippen molar-refractivity contribution in [1.29, 1.82) is 0 Å². The predicted octanol–water partition coefficient (Wildman–Crippen LogP) is 1.40. The Kier molecular flexibility index (Phi) is 3.02. The highest BCUT2D eigenvalue weighted by molar-refractivity contribution is 5.54. The molecule has 1 fully saturated rings. The molecular weight excluding hydrogens is 233 g/mol. The Bertz CT molecular complexity index is 533. The second kappa shape index (κ2) is 4.81. The van der Waals surface area contributed by atoms with Crippen LogP contribution in [0.4, 0.5) is 4.39 Å². The van der Waals surface area contributed by atoms with Crippen LogP contribution in [-0.2, 0) is 0 Å². The molecule has 0 amide bonds. The van der Waals surface area contributed by atoms with Crippen molar-refractivity contribution in [3.05, 3.63) is 30.1 Å². The van der Waals surface area contributed by atoms with Crippen molar-refractivity contribution in [3.63, 3.8) is 0 Å². The second-order valence-corrected chi connectivity index (χ2v) is 4.39. The molecule has 0 unspecified atom stereocenters. The van der Waals surface area contributed by atoms with Crippen LogP contribution in [0.1, 0.15) is 18.9 Å². The number of hydrogen-bond acceptors (Lipinski definition) is 4. The second-order valence-electron chi connectivity index (χ2n) is 4.39. The molecule has 1 saturated heterocycles. The average Bonchev–Trinajstić information content (AvgIpc) is 2.90. The molecule has 1 aliphatic rings. The molecule has 94 valence electrons. The Labute approximate surface area is 104 Å². The predicted molar refractivity (Wildman–Crippen MR) is 64.4 cm³/mol. The summed E-state index contributed by atoms with van der Waals surface area (Å²) in [5.41, 5.74) is 0.401. The molecule has 2 heterocycles. The zero-order chi connectivity index (χ0) is 12.4. The minimum atomic E-state index is -0.317. The van der Waals surface area contributed by atoms with E-state index < -0.39 is 0 Å². The van der Waals surface area contributed by atoms with Crippen LogP contribution < -0.4 is 5.32 Å². The van der Waals surface area contributed by atoms with Crippen LogP contribution in [0.5, 0.6) is 0 Å². The maximum Gasteiger partial charge on any atom is 0.207 e. The van der Waals surface area contributed by atoms with Crippen molar-refractivity contribution in [2.45, 2.75) is 18.9 Å². The molecule has 2 aromatic rings. The molecular formula is C12H14FN5. The van der Waals surface area contributed by atoms with Gasteiger partial charge in [0.2, 0.25) is 5.82 Å². The number of tetrazole rings is 1. The molecule has 1 aliphatic heterocycles. The van der Waals surface area contributed by atoms with E-state index in [-0.39, 0.29) is 11.9 Å². The summed E-state index contributed by atoms with van der Waals surface area (Å²) in [7, 11) is 0. The van der Waals surface area contributed by atoms with Crippen LogP contribution in [0.15, 0.2) is 24.3 Å². The number of nitrogens with zero attached hydrogens (tertiary/aromatic N) is 4. The molecule has 6 heteroatoms. The number of halogens is 1. The van der Waals surface area contributed by atoms with E-state index in [0.717, 1.165) is 25.9 Å². The molecule has 0 radical (unpaired) electrons. The Hall–Kier alpha value is -1.82. The fourth-order valence-corrected chi connectivity index (χ4v) is 2.17. The normalized spacial score (nSPS) is 16.9. The van der Waals surface area contributed by atoms with Crippen molar-refractivity contribution < 1.29 is 4.39 Å². The van der Waals surface area contributed by atoms with Crippen LogP contribution in [0, 0.1) is 5.82 Å². The first-order valence-corrected chi connectivity index (χ1v) is 6.10. The van der Waals surface area contributed by atoms with Crippen molar-refractivity contribution in [2.24, 2.45) is 0 Å². The molecule has 3 rings (SSSR count). The topological polar surface area (TPSA) is 55.6 Å². The minimum absolute atomic E-state index is 0.263. The van der Waals surface area contributed by atoms with E-state index in [1.54, 1.807) is 23.0 Å². The van der Waals surface area contributed by atoms with E-state index >= 15 is 0 Å². The molecule has 0 spiro atoms. The summed E-state index contributed by atoms with van der Waals surface area (Å²) in [4.78, 5) is 1.61. The summed E-state index contributed by atoms with van der Waals surface area (Å²) in [5, 5.41) is 15.6. The van der Waals surface area contributed by atoms with Crippen LogP contribution in [-0.4, -0.2) is 33.3 Å². The number of rotatable bonds is 2. The third-order valence-electron chi connectivity index (χ3n) is 3.18. The largest absolute Gasteiger partial charge is 0.317 e. The number of benzene rings is 1. The van der Waals surface area contributed by atoms with E-state index in [4.69, 9.17) is 0 Å². The Morgan fingerprint density at radius 1 is 1.22 bits per heavy atom. The first-order valence-electron chi connectivity index (χ1n) is 6.10. The van der Waals surface area contributed by atoms with Crippen LogP contribution >= 0.6 is 0 Å². The molecule has 0 aliphatic carbocycles. The van der Waals surface area contributed by atoms with Gasteiger partial charge in [-0.3, -0.25) is 0 Å². The lowest BCUT2D eigenvalue weighted by atomic mass is 10.1. The number of hydrogen-bond donors (Lipinski definition) is 1.